The summed E-state index contributed by atoms with van der Waals surface area (Å²) >= 11 is 6.65. The van der Waals surface area contributed by atoms with Crippen LogP contribution in [0.1, 0.15) is 56.2 Å². The van der Waals surface area contributed by atoms with E-state index in [0.29, 0.717) is 59.0 Å². The zero-order valence-corrected chi connectivity index (χ0v) is 30.8. The topological polar surface area (TPSA) is 196 Å². The maximum Gasteiger partial charge on any atom is 0.490 e. The number of aliphatic carboxylic acids is 2. The highest BCUT2D eigenvalue weighted by atomic mass is 35.5. The summed E-state index contributed by atoms with van der Waals surface area (Å²) in [5.41, 5.74) is 2.84. The Hall–Kier alpha value is -5.66. The van der Waals surface area contributed by atoms with Gasteiger partial charge in [0.15, 0.2) is 0 Å². The molecule has 2 fully saturated rings. The summed E-state index contributed by atoms with van der Waals surface area (Å²) in [6.45, 7) is 2.36. The number of ether oxygens (including phenoxy) is 1. The molecule has 21 heteroatoms. The standard InChI is InChI=1S/C32H36ClN7O3.2C2HF3O2/c33-27-18-23(8-9-28(27)43-25-11-15-40(16-12-25)32(42)21-5-1-2-6-21)39-30-26-17-22(10-14-35-29(26)37-20-38-30)31(41)36-19-24-7-3-4-13-34-24;2*3-2(4,5)1(6)7/h3-4,7-9,13,17-18,20-21,25H,1-2,5-6,10-12,14-16,19H2,(H,36,41)(H2,35,37,38,39);2*(H,6,7). The lowest BCUT2D eigenvalue weighted by Crippen LogP contribution is -2.44. The third-order valence-corrected chi connectivity index (χ3v) is 9.06. The number of nitrogens with one attached hydrogen (secondary N) is 3. The zero-order chi connectivity index (χ0) is 41.8. The summed E-state index contributed by atoms with van der Waals surface area (Å²) in [6.07, 6.45) is 1.36. The number of piperidine rings is 1. The number of likely N-dealkylation sites (tertiary alicyclic amines) is 1. The average molecular weight is 830 g/mol. The van der Waals surface area contributed by atoms with E-state index in [9.17, 15) is 35.9 Å². The van der Waals surface area contributed by atoms with Gasteiger partial charge in [0.2, 0.25) is 11.8 Å². The molecule has 4 heterocycles. The first-order valence-corrected chi connectivity index (χ1v) is 17.9. The number of hydrogen-bond donors (Lipinski definition) is 5. The van der Waals surface area contributed by atoms with Crippen LogP contribution in [0.3, 0.4) is 0 Å². The summed E-state index contributed by atoms with van der Waals surface area (Å²) in [4.78, 5) is 58.7. The lowest BCUT2D eigenvalue weighted by Gasteiger charge is -2.33. The van der Waals surface area contributed by atoms with Crippen LogP contribution in [0, 0.1) is 5.92 Å². The number of alkyl halides is 6. The van der Waals surface area contributed by atoms with Gasteiger partial charge in [0.25, 0.3) is 0 Å². The number of carbonyl (C=O) groups excluding carboxylic acids is 2. The molecule has 0 unspecified atom stereocenters. The molecule has 2 amide bonds. The van der Waals surface area contributed by atoms with Gasteiger partial charge in [0.05, 0.1) is 22.8 Å². The molecule has 3 aromatic rings. The second kappa shape index (κ2) is 20.0. The monoisotopic (exact) mass is 829 g/mol. The first-order chi connectivity index (χ1) is 26.9. The lowest BCUT2D eigenvalue weighted by molar-refractivity contribution is -0.193. The van der Waals surface area contributed by atoms with Crippen molar-refractivity contribution in [1.82, 2.24) is 25.2 Å². The Balaban J connectivity index is 0.000000440. The Labute approximate surface area is 326 Å². The average Bonchev–Trinajstić information content (AvgIpc) is 3.62. The second-order valence-electron chi connectivity index (χ2n) is 12.8. The van der Waals surface area contributed by atoms with Crippen molar-refractivity contribution in [3.8, 4) is 5.75 Å². The van der Waals surface area contributed by atoms with Crippen molar-refractivity contribution in [3.63, 3.8) is 0 Å². The van der Waals surface area contributed by atoms with Crippen LogP contribution in [0.2, 0.25) is 5.02 Å². The fourth-order valence-electron chi connectivity index (χ4n) is 5.92. The molecule has 1 saturated carbocycles. The van der Waals surface area contributed by atoms with Crippen molar-refractivity contribution < 1.29 is 60.5 Å². The van der Waals surface area contributed by atoms with Crippen LogP contribution in [-0.4, -0.2) is 91.9 Å². The van der Waals surface area contributed by atoms with E-state index >= 15 is 0 Å². The number of carbonyl (C=O) groups is 4. The molecule has 2 aliphatic heterocycles. The normalized spacial score (nSPS) is 15.8. The maximum absolute atomic E-state index is 13.0. The molecule has 2 aromatic heterocycles. The van der Waals surface area contributed by atoms with Crippen molar-refractivity contribution in [2.75, 3.05) is 30.3 Å². The minimum absolute atomic E-state index is 0.0139. The van der Waals surface area contributed by atoms with Gasteiger partial charge >= 0.3 is 24.3 Å². The van der Waals surface area contributed by atoms with Crippen molar-refractivity contribution >= 4 is 58.8 Å². The molecule has 14 nitrogen and oxygen atoms in total. The molecule has 3 aliphatic rings. The Morgan fingerprint density at radius 1 is 0.912 bits per heavy atom. The smallest absolute Gasteiger partial charge is 0.489 e. The largest absolute Gasteiger partial charge is 0.490 e. The highest BCUT2D eigenvalue weighted by molar-refractivity contribution is 6.32. The van der Waals surface area contributed by atoms with E-state index < -0.39 is 24.3 Å². The summed E-state index contributed by atoms with van der Waals surface area (Å²) in [5, 5.41) is 24.3. The predicted molar refractivity (Wildman–Crippen MR) is 194 cm³/mol. The number of fused-ring (bicyclic) bond motifs is 1. The second-order valence-corrected chi connectivity index (χ2v) is 13.2. The maximum atomic E-state index is 13.0. The van der Waals surface area contributed by atoms with Crippen LogP contribution >= 0.6 is 11.6 Å². The first-order valence-electron chi connectivity index (χ1n) is 17.5. The van der Waals surface area contributed by atoms with Crippen LogP contribution in [0.15, 0.2) is 54.5 Å². The Morgan fingerprint density at radius 2 is 1.56 bits per heavy atom. The van der Waals surface area contributed by atoms with Crippen molar-refractivity contribution in [3.05, 3.63) is 70.8 Å². The predicted octanol–water partition coefficient (Wildman–Crippen LogP) is 6.61. The summed E-state index contributed by atoms with van der Waals surface area (Å²) < 4.78 is 69.7. The van der Waals surface area contributed by atoms with Crippen LogP contribution in [0.5, 0.6) is 5.75 Å². The number of anilines is 3. The number of halogens is 7. The number of pyridine rings is 1. The number of carboxylic acid groups (broad SMARTS) is 2. The van der Waals surface area contributed by atoms with E-state index in [-0.39, 0.29) is 17.9 Å². The third-order valence-electron chi connectivity index (χ3n) is 8.77. The van der Waals surface area contributed by atoms with E-state index in [1.54, 1.807) is 12.3 Å². The van der Waals surface area contributed by atoms with Gasteiger partial charge in [0.1, 0.15) is 29.8 Å². The van der Waals surface area contributed by atoms with Crippen molar-refractivity contribution in [1.29, 1.82) is 0 Å². The summed E-state index contributed by atoms with van der Waals surface area (Å²) in [7, 11) is 0. The molecule has 1 aromatic carbocycles. The number of rotatable bonds is 8. The van der Waals surface area contributed by atoms with Gasteiger partial charge in [-0.2, -0.15) is 26.3 Å². The number of nitrogens with zero attached hydrogens (tertiary/aromatic N) is 4. The van der Waals surface area contributed by atoms with E-state index in [0.717, 1.165) is 63.0 Å². The zero-order valence-electron chi connectivity index (χ0n) is 30.0. The van der Waals surface area contributed by atoms with Gasteiger partial charge in [-0.25, -0.2) is 19.6 Å². The molecule has 1 saturated heterocycles. The first kappa shape index (κ1) is 44.1. The molecule has 0 radical (unpaired) electrons. The summed E-state index contributed by atoms with van der Waals surface area (Å²) in [5.74, 6) is -3.33. The molecule has 0 bridgehead atoms. The molecule has 5 N–H and O–H groups in total. The van der Waals surface area contributed by atoms with Gasteiger partial charge in [-0.05, 0) is 55.7 Å². The molecule has 1 aliphatic carbocycles. The quantitative estimate of drug-likeness (QED) is 0.153. The molecule has 57 heavy (non-hydrogen) atoms. The SMILES string of the molecule is O=C(NCc1ccccn1)C1=Cc2c(ncnc2Nc2ccc(OC3CCN(C(=O)C4CCCC4)CC3)c(Cl)c2)NCC1.O=C(O)C(F)(F)F.O=C(O)C(F)(F)F. The number of carboxylic acids is 2. The Morgan fingerprint density at radius 3 is 2.14 bits per heavy atom. The molecular formula is C36H38ClF6N7O7. The van der Waals surface area contributed by atoms with Crippen LogP contribution in [0.4, 0.5) is 43.7 Å². The van der Waals surface area contributed by atoms with E-state index in [1.165, 1.54) is 6.33 Å². The Kier molecular flexibility index (Phi) is 15.4. The van der Waals surface area contributed by atoms with E-state index in [1.807, 2.05) is 41.3 Å². The van der Waals surface area contributed by atoms with Gasteiger partial charge in [-0.1, -0.05) is 30.5 Å². The van der Waals surface area contributed by atoms with E-state index in [4.69, 9.17) is 36.1 Å². The number of amides is 2. The minimum atomic E-state index is -5.08. The van der Waals surface area contributed by atoms with Crippen molar-refractivity contribution in [2.24, 2.45) is 5.92 Å². The Bertz CT molecular complexity index is 1880. The van der Waals surface area contributed by atoms with Crippen molar-refractivity contribution in [2.45, 2.75) is 69.9 Å². The van der Waals surface area contributed by atoms with Crippen LogP contribution in [-0.2, 0) is 25.7 Å². The van der Waals surface area contributed by atoms with Gasteiger partial charge in [0, 0.05) is 55.9 Å². The van der Waals surface area contributed by atoms with E-state index in [2.05, 4.69) is 30.9 Å². The van der Waals surface area contributed by atoms with Gasteiger partial charge in [-0.15, -0.1) is 0 Å². The molecule has 308 valence electrons. The minimum Gasteiger partial charge on any atom is -0.489 e. The molecule has 0 spiro atoms. The van der Waals surface area contributed by atoms with Gasteiger partial charge < -0.3 is 35.8 Å². The van der Waals surface area contributed by atoms with Crippen LogP contribution < -0.4 is 20.7 Å². The number of hydrogen-bond acceptors (Lipinski definition) is 10. The fourth-order valence-corrected chi connectivity index (χ4v) is 6.14. The molecule has 0 atom stereocenters. The third kappa shape index (κ3) is 13.5. The highest BCUT2D eigenvalue weighted by Crippen LogP contribution is 2.34. The summed E-state index contributed by atoms with van der Waals surface area (Å²) in [6, 6.07) is 11.2. The van der Waals surface area contributed by atoms with Gasteiger partial charge in [-0.3, -0.25) is 14.6 Å². The fraction of sp³-hybridized carbons (Fsp3) is 0.417. The lowest BCUT2D eigenvalue weighted by atomic mass is 10.0. The van der Waals surface area contributed by atoms with Crippen LogP contribution in [0.25, 0.3) is 6.08 Å². The number of benzene rings is 1. The number of aromatic nitrogens is 3. The molecule has 6 rings (SSSR count). The highest BCUT2D eigenvalue weighted by Gasteiger charge is 2.39. The molecular weight excluding hydrogens is 792 g/mol.